The summed E-state index contributed by atoms with van der Waals surface area (Å²) >= 11 is 1.27. The van der Waals surface area contributed by atoms with Crippen LogP contribution in [-0.4, -0.2) is 60.7 Å². The number of ether oxygens (including phenoxy) is 2. The van der Waals surface area contributed by atoms with Crippen LogP contribution in [0, 0.1) is 0 Å². The molecule has 3 aliphatic heterocycles. The third kappa shape index (κ3) is 4.50. The first-order chi connectivity index (χ1) is 16.1. The van der Waals surface area contributed by atoms with Crippen molar-refractivity contribution in [2.24, 2.45) is 0 Å². The number of thioether (sulfide) groups is 1. The largest absolute Gasteiger partial charge is 0.486 e. The van der Waals surface area contributed by atoms with E-state index < -0.39 is 5.25 Å². The highest BCUT2D eigenvalue weighted by Crippen LogP contribution is 2.40. The third-order valence-corrected chi connectivity index (χ3v) is 7.15. The van der Waals surface area contributed by atoms with Crippen molar-refractivity contribution in [3.8, 4) is 11.5 Å². The van der Waals surface area contributed by atoms with Crippen LogP contribution in [0.2, 0.25) is 0 Å². The molecule has 0 radical (unpaired) electrons. The molecule has 1 atom stereocenters. The number of anilines is 2. The molecule has 0 bridgehead atoms. The van der Waals surface area contributed by atoms with Crippen molar-refractivity contribution in [3.05, 3.63) is 42.5 Å². The standard InChI is InChI=1S/C24H25N3O5S/c28-21(25-16-8-9-18-19(14-16)32-13-12-31-18)15-27-17-6-2-3-7-20(17)33-22(24(27)30)23(29)26-10-4-1-5-11-26/h2-3,6-9,14,22H,1,4-5,10-13,15H2,(H,25,28). The van der Waals surface area contributed by atoms with Crippen LogP contribution in [0.1, 0.15) is 19.3 Å². The molecule has 0 spiro atoms. The highest BCUT2D eigenvalue weighted by molar-refractivity contribution is 8.01. The van der Waals surface area contributed by atoms with Gasteiger partial charge in [-0.3, -0.25) is 14.4 Å². The van der Waals surface area contributed by atoms with Gasteiger partial charge in [0.1, 0.15) is 19.8 Å². The number of para-hydroxylation sites is 1. The molecule has 5 rings (SSSR count). The number of nitrogens with one attached hydrogen (secondary N) is 1. The van der Waals surface area contributed by atoms with Crippen LogP contribution < -0.4 is 19.7 Å². The number of carbonyl (C=O) groups is 3. The van der Waals surface area contributed by atoms with Crippen LogP contribution in [0.15, 0.2) is 47.4 Å². The number of hydrogen-bond acceptors (Lipinski definition) is 6. The Labute approximate surface area is 196 Å². The fourth-order valence-electron chi connectivity index (χ4n) is 4.28. The van der Waals surface area contributed by atoms with Crippen molar-refractivity contribution in [2.45, 2.75) is 29.4 Å². The maximum Gasteiger partial charge on any atom is 0.250 e. The molecule has 1 fully saturated rings. The van der Waals surface area contributed by atoms with Crippen LogP contribution in [0.3, 0.4) is 0 Å². The zero-order chi connectivity index (χ0) is 22.8. The summed E-state index contributed by atoms with van der Waals surface area (Å²) in [6, 6.07) is 12.6. The Morgan fingerprint density at radius 1 is 1.00 bits per heavy atom. The van der Waals surface area contributed by atoms with Gasteiger partial charge in [-0.25, -0.2) is 0 Å². The molecule has 172 valence electrons. The second-order valence-electron chi connectivity index (χ2n) is 8.18. The molecular weight excluding hydrogens is 442 g/mol. The topological polar surface area (TPSA) is 88.2 Å². The van der Waals surface area contributed by atoms with Crippen molar-refractivity contribution in [1.29, 1.82) is 0 Å². The summed E-state index contributed by atoms with van der Waals surface area (Å²) in [4.78, 5) is 43.5. The Kier molecular flexibility index (Phi) is 6.13. The predicted octanol–water partition coefficient (Wildman–Crippen LogP) is 2.92. The number of amides is 3. The maximum atomic E-state index is 13.4. The Bertz CT molecular complexity index is 1090. The van der Waals surface area contributed by atoms with Gasteiger partial charge in [-0.15, -0.1) is 11.8 Å². The minimum Gasteiger partial charge on any atom is -0.486 e. The number of benzene rings is 2. The van der Waals surface area contributed by atoms with E-state index in [2.05, 4.69) is 5.32 Å². The van der Waals surface area contributed by atoms with Crippen LogP contribution >= 0.6 is 11.8 Å². The lowest BCUT2D eigenvalue weighted by Gasteiger charge is -2.36. The zero-order valence-electron chi connectivity index (χ0n) is 18.1. The average Bonchev–Trinajstić information content (AvgIpc) is 2.85. The van der Waals surface area contributed by atoms with E-state index >= 15 is 0 Å². The summed E-state index contributed by atoms with van der Waals surface area (Å²) in [5, 5.41) is 1.95. The number of hydrogen-bond donors (Lipinski definition) is 1. The van der Waals surface area contributed by atoms with Crippen LogP contribution in [0.4, 0.5) is 11.4 Å². The van der Waals surface area contributed by atoms with Gasteiger partial charge in [0.05, 0.1) is 5.69 Å². The van der Waals surface area contributed by atoms with Crippen molar-refractivity contribution < 1.29 is 23.9 Å². The van der Waals surface area contributed by atoms with E-state index in [-0.39, 0.29) is 24.3 Å². The minimum atomic E-state index is -0.875. The molecule has 1 saturated heterocycles. The van der Waals surface area contributed by atoms with E-state index in [9.17, 15) is 14.4 Å². The average molecular weight is 468 g/mol. The van der Waals surface area contributed by atoms with Crippen molar-refractivity contribution in [1.82, 2.24) is 4.90 Å². The van der Waals surface area contributed by atoms with E-state index in [0.717, 1.165) is 24.2 Å². The molecule has 0 aliphatic carbocycles. The number of nitrogens with zero attached hydrogens (tertiary/aromatic N) is 2. The summed E-state index contributed by atoms with van der Waals surface area (Å²) in [6.07, 6.45) is 3.01. The van der Waals surface area contributed by atoms with Crippen molar-refractivity contribution >= 4 is 40.9 Å². The first-order valence-electron chi connectivity index (χ1n) is 11.2. The lowest BCUT2D eigenvalue weighted by molar-refractivity contribution is -0.135. The van der Waals surface area contributed by atoms with Gasteiger partial charge in [-0.1, -0.05) is 12.1 Å². The van der Waals surface area contributed by atoms with Crippen LogP contribution in [0.25, 0.3) is 0 Å². The number of likely N-dealkylation sites (tertiary alicyclic amines) is 1. The fraction of sp³-hybridized carbons (Fsp3) is 0.375. The Balaban J connectivity index is 1.34. The summed E-state index contributed by atoms with van der Waals surface area (Å²) in [7, 11) is 0. The van der Waals surface area contributed by atoms with Gasteiger partial charge >= 0.3 is 0 Å². The van der Waals surface area contributed by atoms with Gasteiger partial charge < -0.3 is 24.6 Å². The van der Waals surface area contributed by atoms with E-state index in [0.29, 0.717) is 49.2 Å². The van der Waals surface area contributed by atoms with Crippen molar-refractivity contribution in [3.63, 3.8) is 0 Å². The first-order valence-corrected chi connectivity index (χ1v) is 12.0. The molecule has 3 heterocycles. The molecule has 3 amide bonds. The molecule has 0 saturated carbocycles. The Morgan fingerprint density at radius 3 is 2.58 bits per heavy atom. The highest BCUT2D eigenvalue weighted by Gasteiger charge is 2.41. The minimum absolute atomic E-state index is 0.170. The van der Waals surface area contributed by atoms with E-state index in [1.54, 1.807) is 29.2 Å². The summed E-state index contributed by atoms with van der Waals surface area (Å²) in [6.45, 7) is 2.11. The fourth-order valence-corrected chi connectivity index (χ4v) is 5.47. The Morgan fingerprint density at radius 2 is 1.76 bits per heavy atom. The van der Waals surface area contributed by atoms with Gasteiger partial charge in [0.15, 0.2) is 16.7 Å². The molecule has 1 N–H and O–H groups in total. The van der Waals surface area contributed by atoms with Gasteiger partial charge in [0, 0.05) is 29.7 Å². The quantitative estimate of drug-likeness (QED) is 0.696. The van der Waals surface area contributed by atoms with E-state index in [1.807, 2.05) is 18.2 Å². The molecule has 8 nitrogen and oxygen atoms in total. The zero-order valence-corrected chi connectivity index (χ0v) is 18.9. The monoisotopic (exact) mass is 467 g/mol. The number of fused-ring (bicyclic) bond motifs is 2. The first kappa shape index (κ1) is 21.6. The highest BCUT2D eigenvalue weighted by atomic mass is 32.2. The van der Waals surface area contributed by atoms with E-state index in [1.165, 1.54) is 16.7 Å². The maximum absolute atomic E-state index is 13.4. The number of piperidine rings is 1. The lowest BCUT2D eigenvalue weighted by atomic mass is 10.1. The molecule has 2 aromatic carbocycles. The summed E-state index contributed by atoms with van der Waals surface area (Å²) in [5.41, 5.74) is 1.20. The summed E-state index contributed by atoms with van der Waals surface area (Å²) < 4.78 is 11.1. The molecule has 2 aromatic rings. The van der Waals surface area contributed by atoms with Crippen molar-refractivity contribution in [2.75, 3.05) is 43.1 Å². The molecule has 3 aliphatic rings. The van der Waals surface area contributed by atoms with Gasteiger partial charge in [0.25, 0.3) is 5.91 Å². The molecule has 9 heteroatoms. The van der Waals surface area contributed by atoms with Crippen LogP contribution in [-0.2, 0) is 14.4 Å². The SMILES string of the molecule is O=C(CN1C(=O)C(C(=O)N2CCCCC2)Sc2ccccc21)Nc1ccc2c(c1)OCCO2. The Hall–Kier alpha value is -3.20. The summed E-state index contributed by atoms with van der Waals surface area (Å²) in [5.74, 6) is 0.325. The van der Waals surface area contributed by atoms with Gasteiger partial charge in [-0.05, 0) is 43.5 Å². The normalized spacial score (nSPS) is 19.6. The third-order valence-electron chi connectivity index (χ3n) is 5.91. The van der Waals surface area contributed by atoms with E-state index in [4.69, 9.17) is 9.47 Å². The molecule has 1 unspecified atom stereocenters. The second-order valence-corrected chi connectivity index (χ2v) is 9.33. The number of rotatable bonds is 4. The van der Waals surface area contributed by atoms with Gasteiger partial charge in [0.2, 0.25) is 11.8 Å². The smallest absolute Gasteiger partial charge is 0.250 e. The van der Waals surface area contributed by atoms with Gasteiger partial charge in [-0.2, -0.15) is 0 Å². The van der Waals surface area contributed by atoms with Crippen LogP contribution in [0.5, 0.6) is 11.5 Å². The lowest BCUT2D eigenvalue weighted by Crippen LogP contribution is -2.52. The molecule has 0 aromatic heterocycles. The molecular formula is C24H25N3O5S. The predicted molar refractivity (Wildman–Crippen MR) is 125 cm³/mol. The number of carbonyl (C=O) groups excluding carboxylic acids is 3. The second kappa shape index (κ2) is 9.35. The molecule has 33 heavy (non-hydrogen) atoms.